The number of hydrogen-bond acceptors (Lipinski definition) is 2. The zero-order valence-corrected chi connectivity index (χ0v) is 12.7. The lowest BCUT2D eigenvalue weighted by molar-refractivity contribution is -0.121. The Morgan fingerprint density at radius 3 is 2.60 bits per heavy atom. The quantitative estimate of drug-likeness (QED) is 0.916. The Balaban J connectivity index is 2.06. The maximum atomic E-state index is 12.6. The fourth-order valence-electron chi connectivity index (χ4n) is 3.17. The molecule has 3 heteroatoms. The van der Waals surface area contributed by atoms with Crippen molar-refractivity contribution in [3.8, 4) is 0 Å². The zero-order chi connectivity index (χ0) is 14.6. The molecule has 1 aromatic carbocycles. The molecule has 0 heterocycles. The van der Waals surface area contributed by atoms with E-state index in [-0.39, 0.29) is 11.3 Å². The third-order valence-corrected chi connectivity index (χ3v) is 4.64. The van der Waals surface area contributed by atoms with E-state index in [0.29, 0.717) is 13.0 Å². The first kappa shape index (κ1) is 15.0. The van der Waals surface area contributed by atoms with Crippen molar-refractivity contribution in [3.05, 3.63) is 29.8 Å². The lowest BCUT2D eigenvalue weighted by Gasteiger charge is -2.36. The number of amides is 1. The zero-order valence-electron chi connectivity index (χ0n) is 12.7. The van der Waals surface area contributed by atoms with Gasteiger partial charge in [-0.3, -0.25) is 4.79 Å². The van der Waals surface area contributed by atoms with Crippen LogP contribution in [0.5, 0.6) is 0 Å². The number of nitrogens with two attached hydrogens (primary N) is 1. The predicted octanol–water partition coefficient (Wildman–Crippen LogP) is 3.26. The summed E-state index contributed by atoms with van der Waals surface area (Å²) < 4.78 is 0. The van der Waals surface area contributed by atoms with E-state index in [9.17, 15) is 4.79 Å². The summed E-state index contributed by atoms with van der Waals surface area (Å²) in [5, 5.41) is 0. The minimum absolute atomic E-state index is 0.0351. The van der Waals surface area contributed by atoms with Gasteiger partial charge in [-0.2, -0.15) is 0 Å². The van der Waals surface area contributed by atoms with Crippen molar-refractivity contribution in [1.82, 2.24) is 0 Å². The highest BCUT2D eigenvalue weighted by Gasteiger charge is 2.34. The van der Waals surface area contributed by atoms with Crippen molar-refractivity contribution in [3.63, 3.8) is 0 Å². The summed E-state index contributed by atoms with van der Waals surface area (Å²) in [6.45, 7) is 2.67. The van der Waals surface area contributed by atoms with Crippen molar-refractivity contribution in [1.29, 1.82) is 0 Å². The van der Waals surface area contributed by atoms with E-state index in [2.05, 4.69) is 0 Å². The van der Waals surface area contributed by atoms with E-state index in [0.717, 1.165) is 18.5 Å². The Morgan fingerprint density at radius 1 is 1.30 bits per heavy atom. The lowest BCUT2D eigenvalue weighted by Crippen LogP contribution is -2.39. The van der Waals surface area contributed by atoms with E-state index >= 15 is 0 Å². The Morgan fingerprint density at radius 2 is 2.00 bits per heavy atom. The highest BCUT2D eigenvalue weighted by Crippen LogP contribution is 2.39. The Hall–Kier alpha value is -1.35. The molecule has 1 saturated carbocycles. The summed E-state index contributed by atoms with van der Waals surface area (Å²) in [6, 6.07) is 8.08. The number of aryl methyl sites for hydroxylation is 1. The van der Waals surface area contributed by atoms with Crippen LogP contribution >= 0.6 is 0 Å². The van der Waals surface area contributed by atoms with Crippen molar-refractivity contribution in [2.24, 2.45) is 11.1 Å². The van der Waals surface area contributed by atoms with Crippen LogP contribution < -0.4 is 10.6 Å². The maximum absolute atomic E-state index is 12.6. The second-order valence-electron chi connectivity index (χ2n) is 6.23. The van der Waals surface area contributed by atoms with Gasteiger partial charge in [0.05, 0.1) is 0 Å². The minimum Gasteiger partial charge on any atom is -0.330 e. The van der Waals surface area contributed by atoms with Gasteiger partial charge in [-0.1, -0.05) is 31.4 Å². The second kappa shape index (κ2) is 6.40. The number of rotatable bonds is 4. The van der Waals surface area contributed by atoms with Crippen molar-refractivity contribution < 1.29 is 4.79 Å². The van der Waals surface area contributed by atoms with Gasteiger partial charge in [-0.05, 0) is 49.4 Å². The van der Waals surface area contributed by atoms with Gasteiger partial charge in [0.2, 0.25) is 5.91 Å². The number of benzene rings is 1. The minimum atomic E-state index is 0.0351. The van der Waals surface area contributed by atoms with Gasteiger partial charge in [-0.15, -0.1) is 0 Å². The highest BCUT2D eigenvalue weighted by atomic mass is 16.2. The van der Waals surface area contributed by atoms with Gasteiger partial charge in [-0.25, -0.2) is 0 Å². The lowest BCUT2D eigenvalue weighted by atomic mass is 9.71. The molecule has 0 radical (unpaired) electrons. The molecule has 1 amide bonds. The van der Waals surface area contributed by atoms with Crippen molar-refractivity contribution >= 4 is 11.6 Å². The first-order valence-corrected chi connectivity index (χ1v) is 7.60. The van der Waals surface area contributed by atoms with E-state index in [1.54, 1.807) is 4.90 Å². The van der Waals surface area contributed by atoms with Gasteiger partial charge in [0.15, 0.2) is 0 Å². The molecule has 0 saturated heterocycles. The molecule has 2 rings (SSSR count). The molecule has 110 valence electrons. The normalized spacial score (nSPS) is 17.8. The van der Waals surface area contributed by atoms with Crippen LogP contribution in [0, 0.1) is 12.3 Å². The van der Waals surface area contributed by atoms with Crippen LogP contribution in [0.15, 0.2) is 24.3 Å². The second-order valence-corrected chi connectivity index (χ2v) is 6.23. The van der Waals surface area contributed by atoms with Crippen LogP contribution in [-0.4, -0.2) is 19.5 Å². The summed E-state index contributed by atoms with van der Waals surface area (Å²) in [6.07, 6.45) is 6.46. The molecular formula is C17H26N2O. The van der Waals surface area contributed by atoms with Crippen molar-refractivity contribution in [2.75, 3.05) is 18.5 Å². The highest BCUT2D eigenvalue weighted by molar-refractivity contribution is 5.93. The Labute approximate surface area is 122 Å². The first-order chi connectivity index (χ1) is 9.56. The molecule has 1 aromatic rings. The van der Waals surface area contributed by atoms with Crippen LogP contribution in [0.1, 0.15) is 44.1 Å². The molecule has 0 atom stereocenters. The van der Waals surface area contributed by atoms with Gasteiger partial charge in [0.1, 0.15) is 0 Å². The van der Waals surface area contributed by atoms with Gasteiger partial charge >= 0.3 is 0 Å². The fourth-order valence-corrected chi connectivity index (χ4v) is 3.17. The summed E-state index contributed by atoms with van der Waals surface area (Å²) in [5.74, 6) is 0.183. The van der Waals surface area contributed by atoms with Crippen LogP contribution in [0.2, 0.25) is 0 Å². The smallest absolute Gasteiger partial charge is 0.227 e. The molecule has 2 N–H and O–H groups in total. The number of anilines is 1. The summed E-state index contributed by atoms with van der Waals surface area (Å²) in [7, 11) is 1.87. The van der Waals surface area contributed by atoms with Crippen LogP contribution in [-0.2, 0) is 4.79 Å². The summed E-state index contributed by atoms with van der Waals surface area (Å²) in [4.78, 5) is 14.3. The van der Waals surface area contributed by atoms with E-state index < -0.39 is 0 Å². The average molecular weight is 274 g/mol. The molecule has 3 nitrogen and oxygen atoms in total. The number of hydrogen-bond donors (Lipinski definition) is 1. The van der Waals surface area contributed by atoms with Crippen LogP contribution in [0.3, 0.4) is 0 Å². The monoisotopic (exact) mass is 274 g/mol. The van der Waals surface area contributed by atoms with E-state index in [4.69, 9.17) is 5.73 Å². The fraction of sp³-hybridized carbons (Fsp3) is 0.588. The van der Waals surface area contributed by atoms with E-state index in [1.165, 1.54) is 24.8 Å². The Kier molecular flexibility index (Phi) is 4.81. The molecule has 0 aromatic heterocycles. The number of carbonyl (C=O) groups excluding carboxylic acids is 1. The molecule has 20 heavy (non-hydrogen) atoms. The molecule has 1 aliphatic carbocycles. The van der Waals surface area contributed by atoms with Gasteiger partial charge in [0, 0.05) is 19.2 Å². The SMILES string of the molecule is Cc1cccc(N(C)C(=O)CC2(CN)CCCCC2)c1. The molecule has 0 bridgehead atoms. The number of carbonyl (C=O) groups is 1. The third kappa shape index (κ3) is 3.40. The average Bonchev–Trinajstić information content (AvgIpc) is 2.47. The Bertz CT molecular complexity index is 464. The van der Waals surface area contributed by atoms with E-state index in [1.807, 2.05) is 38.2 Å². The van der Waals surface area contributed by atoms with Crippen LogP contribution in [0.4, 0.5) is 5.69 Å². The summed E-state index contributed by atoms with van der Waals surface area (Å²) >= 11 is 0. The van der Waals surface area contributed by atoms with Crippen molar-refractivity contribution in [2.45, 2.75) is 45.4 Å². The largest absolute Gasteiger partial charge is 0.330 e. The molecule has 1 aliphatic rings. The third-order valence-electron chi connectivity index (χ3n) is 4.64. The molecule has 0 aliphatic heterocycles. The first-order valence-electron chi connectivity index (χ1n) is 7.60. The maximum Gasteiger partial charge on any atom is 0.227 e. The van der Waals surface area contributed by atoms with Gasteiger partial charge in [0.25, 0.3) is 0 Å². The molecule has 1 fully saturated rings. The van der Waals surface area contributed by atoms with Crippen LogP contribution in [0.25, 0.3) is 0 Å². The molecular weight excluding hydrogens is 248 g/mol. The number of nitrogens with zero attached hydrogens (tertiary/aromatic N) is 1. The van der Waals surface area contributed by atoms with Gasteiger partial charge < -0.3 is 10.6 Å². The topological polar surface area (TPSA) is 46.3 Å². The molecule has 0 unspecified atom stereocenters. The predicted molar refractivity (Wildman–Crippen MR) is 83.8 cm³/mol. The summed E-state index contributed by atoms with van der Waals surface area (Å²) in [5.41, 5.74) is 8.16. The molecule has 0 spiro atoms. The standard InChI is InChI=1S/C17H26N2O/c1-14-7-6-8-15(11-14)19(2)16(20)12-17(13-18)9-4-3-5-10-17/h6-8,11H,3-5,9-10,12-13,18H2,1-2H3.